The van der Waals surface area contributed by atoms with Gasteiger partial charge < -0.3 is 9.47 Å². The van der Waals surface area contributed by atoms with E-state index in [4.69, 9.17) is 9.47 Å². The summed E-state index contributed by atoms with van der Waals surface area (Å²) in [5.41, 5.74) is 2.55. The van der Waals surface area contributed by atoms with Crippen molar-refractivity contribution in [2.75, 3.05) is 18.2 Å². The van der Waals surface area contributed by atoms with E-state index in [-0.39, 0.29) is 41.5 Å². The number of ether oxygens (including phenoxy) is 2. The molecule has 0 bridgehead atoms. The van der Waals surface area contributed by atoms with Crippen LogP contribution >= 0.6 is 0 Å². The monoisotopic (exact) mass is 456 g/mol. The number of carbonyl (C=O) groups is 1. The molecule has 1 fully saturated rings. The molecule has 1 unspecified atom stereocenters. The smallest absolute Gasteiger partial charge is 0.269 e. The van der Waals surface area contributed by atoms with E-state index in [1.165, 1.54) is 12.1 Å². The second-order valence-corrected chi connectivity index (χ2v) is 10.5. The summed E-state index contributed by atoms with van der Waals surface area (Å²) in [6, 6.07) is 7.51. The van der Waals surface area contributed by atoms with Crippen LogP contribution in [0, 0.1) is 17.0 Å². The maximum atomic E-state index is 13.0. The minimum absolute atomic E-state index is 0.0330. The highest BCUT2D eigenvalue weighted by atomic mass is 32.2. The molecule has 5 rings (SSSR count). The van der Waals surface area contributed by atoms with Crippen molar-refractivity contribution in [3.63, 3.8) is 0 Å². The maximum Gasteiger partial charge on any atom is 0.269 e. The van der Waals surface area contributed by atoms with Gasteiger partial charge in [0.2, 0.25) is 5.78 Å². The quantitative estimate of drug-likeness (QED) is 0.393. The third kappa shape index (κ3) is 3.55. The van der Waals surface area contributed by atoms with Crippen molar-refractivity contribution >= 4 is 27.4 Å². The number of hydrogen-bond donors (Lipinski definition) is 0. The number of ketones is 1. The van der Waals surface area contributed by atoms with Gasteiger partial charge in [-0.2, -0.15) is 0 Å². The molecule has 166 valence electrons. The Balaban J connectivity index is 1.42. The average Bonchev–Trinajstić information content (AvgIpc) is 3.28. The molecule has 1 saturated heterocycles. The average molecular weight is 456 g/mol. The van der Waals surface area contributed by atoms with Gasteiger partial charge in [-0.15, -0.1) is 0 Å². The first-order valence-electron chi connectivity index (χ1n) is 10.1. The lowest BCUT2D eigenvalue weighted by atomic mass is 9.99. The second kappa shape index (κ2) is 7.42. The number of hydrogen-bond acceptors (Lipinski definition) is 8. The van der Waals surface area contributed by atoms with Crippen molar-refractivity contribution in [3.8, 4) is 11.5 Å². The molecule has 3 heterocycles. The van der Waals surface area contributed by atoms with E-state index in [0.29, 0.717) is 35.6 Å². The summed E-state index contributed by atoms with van der Waals surface area (Å²) >= 11 is 0. The Labute approximate surface area is 184 Å². The molecule has 32 heavy (non-hydrogen) atoms. The first kappa shape index (κ1) is 20.7. The SMILES string of the molecule is Cc1c2c(cc3c1O/C(=C\c1ccc([N+](=O)[O-])cc1)C3=O)CN(C1CCS(=O)(=O)C1)CO2. The van der Waals surface area contributed by atoms with Gasteiger partial charge in [0.1, 0.15) is 18.2 Å². The fourth-order valence-electron chi connectivity index (χ4n) is 4.41. The Hall–Kier alpha value is -3.24. The zero-order valence-corrected chi connectivity index (χ0v) is 18.1. The van der Waals surface area contributed by atoms with E-state index < -0.39 is 14.8 Å². The fourth-order valence-corrected chi connectivity index (χ4v) is 6.17. The van der Waals surface area contributed by atoms with Crippen LogP contribution in [0.4, 0.5) is 5.69 Å². The number of non-ortho nitro benzene ring substituents is 1. The predicted octanol–water partition coefficient (Wildman–Crippen LogP) is 2.86. The van der Waals surface area contributed by atoms with Crippen LogP contribution in [0.1, 0.15) is 33.5 Å². The standard InChI is InChI=1S/C22H20N2O7S/c1-13-21-15(10-23(12-30-21)17-6-7-32(28,29)11-17)9-18-20(25)19(31-22(13)18)8-14-2-4-16(5-3-14)24(26)27/h2-5,8-9,17H,6-7,10-12H2,1H3/b19-8-. The molecule has 0 aliphatic carbocycles. The zero-order chi connectivity index (χ0) is 22.6. The Morgan fingerprint density at radius 2 is 1.97 bits per heavy atom. The predicted molar refractivity (Wildman–Crippen MR) is 115 cm³/mol. The van der Waals surface area contributed by atoms with Crippen molar-refractivity contribution in [2.24, 2.45) is 0 Å². The third-order valence-corrected chi connectivity index (χ3v) is 7.84. The molecule has 0 saturated carbocycles. The van der Waals surface area contributed by atoms with Crippen LogP contribution in [0.3, 0.4) is 0 Å². The highest BCUT2D eigenvalue weighted by Crippen LogP contribution is 2.43. The number of fused-ring (bicyclic) bond motifs is 2. The van der Waals surface area contributed by atoms with Crippen LogP contribution in [0.2, 0.25) is 0 Å². The fraction of sp³-hybridized carbons (Fsp3) is 0.318. The van der Waals surface area contributed by atoms with E-state index in [9.17, 15) is 23.3 Å². The van der Waals surface area contributed by atoms with Gasteiger partial charge >= 0.3 is 0 Å². The summed E-state index contributed by atoms with van der Waals surface area (Å²) in [7, 11) is -3.01. The summed E-state index contributed by atoms with van der Waals surface area (Å²) in [5, 5.41) is 10.8. The number of Topliss-reactive ketones (excluding diaryl/α,β-unsaturated/α-hetero) is 1. The number of benzene rings is 2. The molecule has 3 aliphatic heterocycles. The van der Waals surface area contributed by atoms with Crippen LogP contribution in [0.5, 0.6) is 11.5 Å². The number of nitro groups is 1. The van der Waals surface area contributed by atoms with Gasteiger partial charge in [-0.3, -0.25) is 19.8 Å². The van der Waals surface area contributed by atoms with Crippen LogP contribution in [-0.4, -0.2) is 48.3 Å². The summed E-state index contributed by atoms with van der Waals surface area (Å²) in [6.07, 6.45) is 2.14. The van der Waals surface area contributed by atoms with Crippen molar-refractivity contribution in [2.45, 2.75) is 25.9 Å². The van der Waals surface area contributed by atoms with Crippen molar-refractivity contribution in [3.05, 3.63) is 68.5 Å². The Morgan fingerprint density at radius 1 is 1.22 bits per heavy atom. The van der Waals surface area contributed by atoms with Gasteiger partial charge in [-0.05, 0) is 43.2 Å². The summed E-state index contributed by atoms with van der Waals surface area (Å²) < 4.78 is 35.5. The van der Waals surface area contributed by atoms with E-state index in [1.807, 2.05) is 11.8 Å². The second-order valence-electron chi connectivity index (χ2n) is 8.23. The highest BCUT2D eigenvalue weighted by Gasteiger charge is 2.37. The first-order valence-corrected chi connectivity index (χ1v) is 12.0. The van der Waals surface area contributed by atoms with Gasteiger partial charge in [-0.25, -0.2) is 8.42 Å². The number of sulfone groups is 1. The van der Waals surface area contributed by atoms with Gasteiger partial charge in [0.15, 0.2) is 15.6 Å². The first-order chi connectivity index (χ1) is 15.2. The van der Waals surface area contributed by atoms with Gasteiger partial charge in [0.05, 0.1) is 22.0 Å². The Kier molecular flexibility index (Phi) is 4.79. The van der Waals surface area contributed by atoms with Gasteiger partial charge in [0.25, 0.3) is 5.69 Å². The molecule has 9 nitrogen and oxygen atoms in total. The molecule has 0 spiro atoms. The van der Waals surface area contributed by atoms with E-state index in [1.54, 1.807) is 24.3 Å². The normalized spacial score (nSPS) is 22.8. The molecule has 0 radical (unpaired) electrons. The number of nitrogens with zero attached hydrogens (tertiary/aromatic N) is 2. The van der Waals surface area contributed by atoms with Gasteiger partial charge in [-0.1, -0.05) is 0 Å². The zero-order valence-electron chi connectivity index (χ0n) is 17.2. The lowest BCUT2D eigenvalue weighted by molar-refractivity contribution is -0.384. The van der Waals surface area contributed by atoms with Crippen LogP contribution in [0.25, 0.3) is 6.08 Å². The lowest BCUT2D eigenvalue weighted by Gasteiger charge is -2.33. The Bertz CT molecular complexity index is 1280. The summed E-state index contributed by atoms with van der Waals surface area (Å²) in [6.45, 7) is 2.61. The topological polar surface area (TPSA) is 116 Å². The van der Waals surface area contributed by atoms with Crippen LogP contribution < -0.4 is 9.47 Å². The lowest BCUT2D eigenvalue weighted by Crippen LogP contribution is -2.41. The summed E-state index contributed by atoms with van der Waals surface area (Å²) in [4.78, 5) is 25.3. The minimum atomic E-state index is -3.01. The molecule has 10 heteroatoms. The van der Waals surface area contributed by atoms with E-state index in [0.717, 1.165) is 11.1 Å². The number of rotatable bonds is 3. The van der Waals surface area contributed by atoms with Gasteiger partial charge in [0, 0.05) is 35.8 Å². The maximum absolute atomic E-state index is 13.0. The van der Waals surface area contributed by atoms with E-state index >= 15 is 0 Å². The molecule has 0 N–H and O–H groups in total. The molecular weight excluding hydrogens is 436 g/mol. The molecule has 2 aromatic rings. The van der Waals surface area contributed by atoms with Crippen LogP contribution in [-0.2, 0) is 16.4 Å². The Morgan fingerprint density at radius 3 is 2.62 bits per heavy atom. The summed E-state index contributed by atoms with van der Waals surface area (Å²) in [5.74, 6) is 1.28. The number of carbonyl (C=O) groups excluding carboxylic acids is 1. The van der Waals surface area contributed by atoms with Crippen molar-refractivity contribution < 1.29 is 27.6 Å². The largest absolute Gasteiger partial charge is 0.477 e. The van der Waals surface area contributed by atoms with Crippen molar-refractivity contribution in [1.29, 1.82) is 0 Å². The molecule has 1 atom stereocenters. The minimum Gasteiger partial charge on any atom is -0.477 e. The third-order valence-electron chi connectivity index (χ3n) is 6.09. The van der Waals surface area contributed by atoms with Crippen molar-refractivity contribution in [1.82, 2.24) is 4.90 Å². The molecule has 2 aromatic carbocycles. The molecule has 0 aromatic heterocycles. The highest BCUT2D eigenvalue weighted by molar-refractivity contribution is 7.91. The molecule has 0 amide bonds. The number of allylic oxidation sites excluding steroid dienone is 1. The molecular formula is C22H20N2O7S. The van der Waals surface area contributed by atoms with E-state index in [2.05, 4.69) is 0 Å². The van der Waals surface area contributed by atoms with Crippen LogP contribution in [0.15, 0.2) is 36.1 Å². The number of nitro benzene ring substituents is 1. The molecule has 3 aliphatic rings.